The van der Waals surface area contributed by atoms with Crippen LogP contribution in [0.15, 0.2) is 0 Å². The Morgan fingerprint density at radius 1 is 0.846 bits per heavy atom. The monoisotopic (exact) mass is 269 g/mol. The van der Waals surface area contributed by atoms with Gasteiger partial charge in [-0.2, -0.15) is 0 Å². The van der Waals surface area contributed by atoms with Crippen molar-refractivity contribution in [3.8, 4) is 0 Å². The molecule has 0 saturated heterocycles. The van der Waals surface area contributed by atoms with Crippen molar-refractivity contribution in [1.82, 2.24) is 0 Å². The summed E-state index contributed by atoms with van der Waals surface area (Å²) in [6.07, 6.45) is 4.73. The van der Waals surface area contributed by atoms with E-state index in [0.717, 1.165) is 26.1 Å². The van der Waals surface area contributed by atoms with Crippen LogP contribution < -0.4 is 0 Å². The van der Waals surface area contributed by atoms with Gasteiger partial charge in [0.2, 0.25) is 0 Å². The van der Waals surface area contributed by atoms with Gasteiger partial charge in [-0.05, 0) is 0 Å². The molecular formula is C8H20Cl2O2V. The zero-order valence-corrected chi connectivity index (χ0v) is 11.4. The average Bonchev–Trinajstić information content (AvgIpc) is 2.03. The van der Waals surface area contributed by atoms with Gasteiger partial charge in [0.15, 0.2) is 0 Å². The molecule has 0 amide bonds. The number of halogens is 2. The Balaban J connectivity index is -0.000000500. The Hall–Kier alpha value is 1.08. The number of unbranched alkanes of at least 4 members (excludes halogenated alkanes) is 2. The zero-order valence-electron chi connectivity index (χ0n) is 8.32. The quantitative estimate of drug-likeness (QED) is 0.629. The second-order valence-corrected chi connectivity index (χ2v) is 3.49. The first kappa shape index (κ1) is 19.6. The minimum Gasteiger partial charge on any atom is -0.147 e. The summed E-state index contributed by atoms with van der Waals surface area (Å²) in [5, 5.41) is 0. The Morgan fingerprint density at radius 2 is 1.23 bits per heavy atom. The molecule has 0 bridgehead atoms. The maximum absolute atomic E-state index is 5.29. The summed E-state index contributed by atoms with van der Waals surface area (Å²) in [6.45, 7) is 6.08. The Labute approximate surface area is 102 Å². The second-order valence-electron chi connectivity index (χ2n) is 2.45. The Morgan fingerprint density at radius 3 is 1.54 bits per heavy atom. The zero-order chi connectivity index (χ0) is 8.36. The van der Waals surface area contributed by atoms with Crippen LogP contribution in [-0.2, 0) is 24.3 Å². The van der Waals surface area contributed by atoms with Crippen LogP contribution in [0.3, 0.4) is 0 Å². The van der Waals surface area contributed by atoms with Crippen molar-refractivity contribution < 1.29 is 24.3 Å². The first-order valence-electron chi connectivity index (χ1n) is 4.36. The number of hydrogen-bond donors (Lipinski definition) is 0. The van der Waals surface area contributed by atoms with E-state index in [-0.39, 0.29) is 41.8 Å². The van der Waals surface area contributed by atoms with Crippen LogP contribution in [0, 0.1) is 0 Å². The molecule has 0 radical (unpaired) electrons. The van der Waals surface area contributed by atoms with E-state index in [2.05, 4.69) is 13.8 Å². The first-order chi connectivity index (χ1) is 5.41. The molecule has 0 spiro atoms. The molecule has 0 fully saturated rings. The van der Waals surface area contributed by atoms with Crippen LogP contribution in [-0.4, -0.2) is 13.2 Å². The fraction of sp³-hybridized carbons (Fsp3) is 1.00. The van der Waals surface area contributed by atoms with Crippen molar-refractivity contribution in [3.63, 3.8) is 0 Å². The minimum absolute atomic E-state index is 0. The van der Waals surface area contributed by atoms with Crippen molar-refractivity contribution in [1.29, 1.82) is 0 Å². The third-order valence-corrected chi connectivity index (χ3v) is 2.18. The second kappa shape index (κ2) is 18.8. The maximum Gasteiger partial charge on any atom is -0.147 e. The molecule has 0 saturated carbocycles. The van der Waals surface area contributed by atoms with E-state index in [1.165, 1.54) is 12.8 Å². The molecule has 0 aliphatic rings. The summed E-state index contributed by atoms with van der Waals surface area (Å²) in [5.74, 6) is 0. The smallest absolute Gasteiger partial charge is 0.147 e. The van der Waals surface area contributed by atoms with Gasteiger partial charge in [-0.25, -0.2) is 0 Å². The fourth-order valence-electron chi connectivity index (χ4n) is 0.530. The van der Waals surface area contributed by atoms with E-state index in [4.69, 9.17) is 7.32 Å². The Kier molecular flexibility index (Phi) is 28.4. The molecule has 0 aromatic heterocycles. The molecule has 0 aromatic carbocycles. The van der Waals surface area contributed by atoms with Crippen molar-refractivity contribution in [2.24, 2.45) is 0 Å². The van der Waals surface area contributed by atoms with Gasteiger partial charge in [0.1, 0.15) is 0 Å². The molecular weight excluding hydrogens is 250 g/mol. The molecule has 0 N–H and O–H groups in total. The van der Waals surface area contributed by atoms with Gasteiger partial charge in [-0.15, -0.1) is 24.8 Å². The molecule has 0 aliphatic heterocycles. The summed E-state index contributed by atoms with van der Waals surface area (Å²) >= 11 is -0.271. The molecule has 0 heterocycles. The van der Waals surface area contributed by atoms with E-state index < -0.39 is 0 Å². The van der Waals surface area contributed by atoms with Crippen molar-refractivity contribution in [2.75, 3.05) is 13.2 Å². The molecule has 0 rings (SSSR count). The summed E-state index contributed by atoms with van der Waals surface area (Å²) in [5.41, 5.74) is 0. The summed E-state index contributed by atoms with van der Waals surface area (Å²) in [7, 11) is 0. The van der Waals surface area contributed by atoms with E-state index in [9.17, 15) is 0 Å². The minimum atomic E-state index is -0.271. The van der Waals surface area contributed by atoms with Gasteiger partial charge in [0, 0.05) is 0 Å². The van der Waals surface area contributed by atoms with Gasteiger partial charge >= 0.3 is 77.1 Å². The van der Waals surface area contributed by atoms with Gasteiger partial charge < -0.3 is 0 Å². The van der Waals surface area contributed by atoms with Gasteiger partial charge in [0.05, 0.1) is 0 Å². The largest absolute Gasteiger partial charge is 0.147 e. The van der Waals surface area contributed by atoms with Crippen LogP contribution in [0.2, 0.25) is 0 Å². The molecule has 5 heteroatoms. The predicted molar refractivity (Wildman–Crippen MR) is 56.2 cm³/mol. The topological polar surface area (TPSA) is 18.5 Å². The van der Waals surface area contributed by atoms with Crippen molar-refractivity contribution in [3.05, 3.63) is 0 Å². The third kappa shape index (κ3) is 19.5. The molecule has 0 aliphatic carbocycles. The standard InChI is InChI=1S/2C4H9O.2ClH.V/c2*1-2-3-4-5;;;/h2*2-4H2,1H3;2*1H;/q2*-1;;;+2. The van der Waals surface area contributed by atoms with E-state index >= 15 is 0 Å². The van der Waals surface area contributed by atoms with E-state index in [1.54, 1.807) is 0 Å². The van der Waals surface area contributed by atoms with Gasteiger partial charge in [-0.1, -0.05) is 0 Å². The predicted octanol–water partition coefficient (Wildman–Crippen LogP) is 3.38. The van der Waals surface area contributed by atoms with E-state index in [1.807, 2.05) is 0 Å². The van der Waals surface area contributed by atoms with Gasteiger partial charge in [-0.3, -0.25) is 0 Å². The Bertz CT molecular complexity index is 69.2. The van der Waals surface area contributed by atoms with Crippen LogP contribution in [0.4, 0.5) is 0 Å². The first-order valence-corrected chi connectivity index (χ1v) is 5.50. The SMILES string of the molecule is CCCC[O][V][O]CCCC.Cl.Cl. The maximum atomic E-state index is 5.29. The molecule has 83 valence electrons. The van der Waals surface area contributed by atoms with Crippen LogP contribution in [0.1, 0.15) is 39.5 Å². The molecule has 0 unspecified atom stereocenters. The molecule has 13 heavy (non-hydrogen) atoms. The van der Waals surface area contributed by atoms with E-state index in [0.29, 0.717) is 0 Å². The average molecular weight is 270 g/mol. The summed E-state index contributed by atoms with van der Waals surface area (Å²) in [4.78, 5) is 0. The summed E-state index contributed by atoms with van der Waals surface area (Å²) < 4.78 is 10.6. The van der Waals surface area contributed by atoms with Crippen LogP contribution in [0.5, 0.6) is 0 Å². The molecule has 2 nitrogen and oxygen atoms in total. The fourth-order valence-corrected chi connectivity index (χ4v) is 1.28. The third-order valence-electron chi connectivity index (χ3n) is 1.28. The van der Waals surface area contributed by atoms with Crippen molar-refractivity contribution in [2.45, 2.75) is 39.5 Å². The molecule has 0 atom stereocenters. The van der Waals surface area contributed by atoms with Gasteiger partial charge in [0.25, 0.3) is 0 Å². The van der Waals surface area contributed by atoms with Crippen molar-refractivity contribution >= 4 is 24.8 Å². The summed E-state index contributed by atoms with van der Waals surface area (Å²) in [6, 6.07) is 0. The normalized spacial score (nSPS) is 8.46. The number of hydrogen-bond acceptors (Lipinski definition) is 2. The number of rotatable bonds is 8. The van der Waals surface area contributed by atoms with Crippen LogP contribution in [0.25, 0.3) is 0 Å². The van der Waals surface area contributed by atoms with Crippen LogP contribution >= 0.6 is 24.8 Å². The molecule has 0 aromatic rings.